The van der Waals surface area contributed by atoms with E-state index in [0.717, 1.165) is 42.9 Å². The summed E-state index contributed by atoms with van der Waals surface area (Å²) in [5.74, 6) is 1.29. The first-order valence-electron chi connectivity index (χ1n) is 13.6. The third kappa shape index (κ3) is 6.67. The summed E-state index contributed by atoms with van der Waals surface area (Å²) in [6.07, 6.45) is 9.47. The first-order chi connectivity index (χ1) is 16.5. The number of hydrogen-bond donors (Lipinski definition) is 1. The first kappa shape index (κ1) is 27.7. The summed E-state index contributed by atoms with van der Waals surface area (Å²) in [6.45, 7) is 10.5. The van der Waals surface area contributed by atoms with Gasteiger partial charge in [0.15, 0.2) is 0 Å². The van der Waals surface area contributed by atoms with Crippen molar-refractivity contribution < 1.29 is 13.9 Å². The topological polar surface area (TPSA) is 49.5 Å². The third-order valence-electron chi connectivity index (χ3n) is 7.82. The van der Waals surface area contributed by atoms with Crippen LogP contribution in [-0.2, 0) is 0 Å². The second kappa shape index (κ2) is 13.5. The van der Waals surface area contributed by atoms with Crippen molar-refractivity contribution in [2.75, 3.05) is 13.1 Å². The van der Waals surface area contributed by atoms with Crippen LogP contribution in [-0.4, -0.2) is 53.5 Å². The maximum absolute atomic E-state index is 13.8. The van der Waals surface area contributed by atoms with E-state index in [-0.39, 0.29) is 5.82 Å². The van der Waals surface area contributed by atoms with Crippen LogP contribution in [0.25, 0.3) is 11.3 Å². The normalized spacial score (nSPS) is 15.7. The van der Waals surface area contributed by atoms with Crippen LogP contribution in [0.15, 0.2) is 28.8 Å². The van der Waals surface area contributed by atoms with Crippen LogP contribution >= 0.6 is 0 Å². The van der Waals surface area contributed by atoms with Gasteiger partial charge in [-0.1, -0.05) is 0 Å². The van der Waals surface area contributed by atoms with E-state index < -0.39 is 25.4 Å². The fourth-order valence-corrected chi connectivity index (χ4v) is 23.0. The fraction of sp³-hybridized carbons (Fsp3) is 0.667. The van der Waals surface area contributed by atoms with E-state index in [2.05, 4.69) is 25.6 Å². The summed E-state index contributed by atoms with van der Waals surface area (Å²) in [4.78, 5) is 2.15. The third-order valence-corrected chi connectivity index (χ3v) is 23.5. The molecule has 0 saturated carbocycles. The van der Waals surface area contributed by atoms with Crippen molar-refractivity contribution in [2.45, 2.75) is 98.2 Å². The SMILES string of the molecule is CCC[CH2][Sn]([CH2]CCC)([CH2]CCC)[c]1c(-c2ccc(F)cc2)noc1C1CCN(B(C)O)CC1. The molecule has 1 aliphatic rings. The molecule has 1 aromatic heterocycles. The summed E-state index contributed by atoms with van der Waals surface area (Å²) >= 11 is -2.89. The molecule has 0 spiro atoms. The van der Waals surface area contributed by atoms with Crippen LogP contribution in [0.1, 0.15) is 83.8 Å². The van der Waals surface area contributed by atoms with Gasteiger partial charge in [0.1, 0.15) is 0 Å². The van der Waals surface area contributed by atoms with Crippen molar-refractivity contribution >= 4 is 29.0 Å². The average molecular weight is 577 g/mol. The van der Waals surface area contributed by atoms with Crippen LogP contribution in [0, 0.1) is 5.82 Å². The van der Waals surface area contributed by atoms with Gasteiger partial charge in [-0.3, -0.25) is 0 Å². The van der Waals surface area contributed by atoms with Crippen molar-refractivity contribution in [3.8, 4) is 11.3 Å². The summed E-state index contributed by atoms with van der Waals surface area (Å²) in [6, 6.07) is 6.87. The molecule has 0 atom stereocenters. The second-order valence-electron chi connectivity index (χ2n) is 10.3. The molecule has 7 heteroatoms. The van der Waals surface area contributed by atoms with E-state index in [1.807, 2.05) is 19.0 Å². The quantitative estimate of drug-likeness (QED) is 0.266. The molecule has 188 valence electrons. The molecular formula is C27H44BFN2O2Sn. The minimum atomic E-state index is -2.89. The molecule has 0 amide bonds. The van der Waals surface area contributed by atoms with Gasteiger partial charge in [-0.05, 0) is 0 Å². The van der Waals surface area contributed by atoms with E-state index in [0.29, 0.717) is 5.92 Å². The molecule has 2 aromatic rings. The van der Waals surface area contributed by atoms with Gasteiger partial charge in [-0.15, -0.1) is 0 Å². The monoisotopic (exact) mass is 578 g/mol. The Kier molecular flexibility index (Phi) is 11.0. The predicted octanol–water partition coefficient (Wildman–Crippen LogP) is 6.83. The number of halogens is 1. The molecule has 1 fully saturated rings. The number of unbranched alkanes of at least 4 members (excludes halogenated alkanes) is 3. The summed E-state index contributed by atoms with van der Waals surface area (Å²) < 4.78 is 25.6. The van der Waals surface area contributed by atoms with Crippen LogP contribution < -0.4 is 3.58 Å². The molecule has 0 aliphatic carbocycles. The van der Waals surface area contributed by atoms with Gasteiger partial charge >= 0.3 is 211 Å². The number of benzene rings is 1. The van der Waals surface area contributed by atoms with Crippen molar-refractivity contribution in [1.82, 2.24) is 9.97 Å². The van der Waals surface area contributed by atoms with Crippen molar-refractivity contribution in [3.63, 3.8) is 0 Å². The Morgan fingerprint density at radius 1 is 1.00 bits per heavy atom. The Hall–Kier alpha value is -0.856. The molecule has 3 rings (SSSR count). The van der Waals surface area contributed by atoms with Gasteiger partial charge in [0, 0.05) is 0 Å². The minimum absolute atomic E-state index is 0.211. The van der Waals surface area contributed by atoms with E-state index in [1.165, 1.54) is 55.4 Å². The van der Waals surface area contributed by atoms with Crippen LogP contribution in [0.3, 0.4) is 0 Å². The van der Waals surface area contributed by atoms with E-state index in [9.17, 15) is 9.41 Å². The molecule has 34 heavy (non-hydrogen) atoms. The Morgan fingerprint density at radius 2 is 1.53 bits per heavy atom. The van der Waals surface area contributed by atoms with Gasteiger partial charge in [0.2, 0.25) is 0 Å². The van der Waals surface area contributed by atoms with E-state index >= 15 is 0 Å². The Bertz CT molecular complexity index is 844. The van der Waals surface area contributed by atoms with Gasteiger partial charge in [-0.2, -0.15) is 0 Å². The Morgan fingerprint density at radius 3 is 2.00 bits per heavy atom. The zero-order chi connectivity index (χ0) is 24.6. The number of piperidine rings is 1. The number of rotatable bonds is 13. The zero-order valence-corrected chi connectivity index (χ0v) is 24.6. The molecule has 0 radical (unpaired) electrons. The molecule has 0 unspecified atom stereocenters. The Labute approximate surface area is 210 Å². The molecule has 0 bridgehead atoms. The number of nitrogens with zero attached hydrogens (tertiary/aromatic N) is 2. The molecule has 1 aromatic carbocycles. The molecule has 1 N–H and O–H groups in total. The standard InChI is InChI=1S/C15H17BFN2O2.3C4H9.Sn/c1-16(20)19-8-6-12(7-9-19)15-10-14(18-21-15)11-2-4-13(17)5-3-11;3*1-3-4-2;/h2-5,12,20H,6-9H2,1H3;3*1,3-4H2,2H3;. The van der Waals surface area contributed by atoms with Crippen molar-refractivity contribution in [1.29, 1.82) is 0 Å². The Balaban J connectivity index is 2.12. The molecule has 1 aliphatic heterocycles. The van der Waals surface area contributed by atoms with Crippen molar-refractivity contribution in [3.05, 3.63) is 35.8 Å². The van der Waals surface area contributed by atoms with Crippen LogP contribution in [0.5, 0.6) is 0 Å². The summed E-state index contributed by atoms with van der Waals surface area (Å²) in [7, 11) is -0.401. The molecule has 4 nitrogen and oxygen atoms in total. The van der Waals surface area contributed by atoms with Crippen LogP contribution in [0.2, 0.25) is 20.1 Å². The number of hydrogen-bond acceptors (Lipinski definition) is 4. The fourth-order valence-electron chi connectivity index (χ4n) is 5.73. The van der Waals surface area contributed by atoms with E-state index in [1.54, 1.807) is 12.1 Å². The molecular weight excluding hydrogens is 533 g/mol. The van der Waals surface area contributed by atoms with Gasteiger partial charge in [-0.25, -0.2) is 0 Å². The second-order valence-corrected chi connectivity index (χ2v) is 23.3. The van der Waals surface area contributed by atoms with Crippen molar-refractivity contribution in [2.24, 2.45) is 0 Å². The molecule has 1 saturated heterocycles. The van der Waals surface area contributed by atoms with Gasteiger partial charge in [0.25, 0.3) is 0 Å². The van der Waals surface area contributed by atoms with Crippen LogP contribution in [0.4, 0.5) is 4.39 Å². The summed E-state index contributed by atoms with van der Waals surface area (Å²) in [5.41, 5.74) is 2.01. The summed E-state index contributed by atoms with van der Waals surface area (Å²) in [5, 5.41) is 14.8. The zero-order valence-electron chi connectivity index (χ0n) is 21.8. The molecule has 2 heterocycles. The van der Waals surface area contributed by atoms with Gasteiger partial charge in [0.05, 0.1) is 0 Å². The average Bonchev–Trinajstić information content (AvgIpc) is 3.30. The van der Waals surface area contributed by atoms with E-state index in [4.69, 9.17) is 9.68 Å². The maximum atomic E-state index is 13.8. The predicted molar refractivity (Wildman–Crippen MR) is 144 cm³/mol. The number of aromatic nitrogens is 1. The van der Waals surface area contributed by atoms with Gasteiger partial charge < -0.3 is 0 Å². The first-order valence-corrected chi connectivity index (χ1v) is 21.1.